The number of carbonyl (C=O) groups is 1. The van der Waals surface area contributed by atoms with E-state index in [1.54, 1.807) is 25.3 Å². The summed E-state index contributed by atoms with van der Waals surface area (Å²) in [5, 5.41) is 3.50. The van der Waals surface area contributed by atoms with Gasteiger partial charge in [0.2, 0.25) is 5.91 Å². The molecule has 1 amide bonds. The molecule has 1 spiro atoms. The molecule has 6 heteroatoms. The Morgan fingerprint density at radius 3 is 2.67 bits per heavy atom. The highest BCUT2D eigenvalue weighted by Gasteiger charge is 2.41. The van der Waals surface area contributed by atoms with Crippen LogP contribution in [-0.4, -0.2) is 61.6 Å². The van der Waals surface area contributed by atoms with Gasteiger partial charge in [0, 0.05) is 23.7 Å². The SMILES string of the molecule is COc1ccc(Cl)cc1NC(=O)CN1CCC2(CCCN2C)CC1. The maximum atomic E-state index is 12.4. The molecule has 2 fully saturated rings. The zero-order chi connectivity index (χ0) is 17.2. The number of likely N-dealkylation sites (tertiary alicyclic amines) is 2. The molecule has 1 N–H and O–H groups in total. The summed E-state index contributed by atoms with van der Waals surface area (Å²) in [7, 11) is 3.82. The van der Waals surface area contributed by atoms with E-state index in [1.165, 1.54) is 19.4 Å². The van der Waals surface area contributed by atoms with Crippen molar-refractivity contribution in [2.24, 2.45) is 0 Å². The van der Waals surface area contributed by atoms with Crippen molar-refractivity contribution in [2.75, 3.05) is 45.7 Å². The van der Waals surface area contributed by atoms with Gasteiger partial charge in [-0.3, -0.25) is 9.69 Å². The van der Waals surface area contributed by atoms with Crippen LogP contribution in [0.3, 0.4) is 0 Å². The van der Waals surface area contributed by atoms with E-state index < -0.39 is 0 Å². The van der Waals surface area contributed by atoms with Crippen molar-refractivity contribution in [3.63, 3.8) is 0 Å². The van der Waals surface area contributed by atoms with Gasteiger partial charge in [-0.2, -0.15) is 0 Å². The minimum atomic E-state index is -0.0220. The van der Waals surface area contributed by atoms with Gasteiger partial charge in [0.05, 0.1) is 19.3 Å². The fraction of sp³-hybridized carbons (Fsp3) is 0.611. The molecule has 0 saturated carbocycles. The van der Waals surface area contributed by atoms with Crippen LogP contribution in [0.1, 0.15) is 25.7 Å². The number of benzene rings is 1. The highest BCUT2D eigenvalue weighted by atomic mass is 35.5. The van der Waals surface area contributed by atoms with Gasteiger partial charge < -0.3 is 15.0 Å². The number of nitrogens with one attached hydrogen (secondary N) is 1. The van der Waals surface area contributed by atoms with Crippen LogP contribution in [0, 0.1) is 0 Å². The average molecular weight is 352 g/mol. The summed E-state index contributed by atoms with van der Waals surface area (Å²) < 4.78 is 5.27. The molecule has 0 radical (unpaired) electrons. The van der Waals surface area contributed by atoms with Gasteiger partial charge in [0.15, 0.2) is 0 Å². The van der Waals surface area contributed by atoms with E-state index in [0.717, 1.165) is 25.9 Å². The normalized spacial score (nSPS) is 21.1. The standard InChI is InChI=1S/C18H26ClN3O2/c1-21-9-3-6-18(21)7-10-22(11-8-18)13-17(23)20-15-12-14(19)4-5-16(15)24-2/h4-5,12H,3,6-11,13H2,1-2H3,(H,20,23). The largest absolute Gasteiger partial charge is 0.495 e. The Hall–Kier alpha value is -1.30. The lowest BCUT2D eigenvalue weighted by molar-refractivity contribution is -0.117. The number of anilines is 1. The van der Waals surface area contributed by atoms with Crippen LogP contribution in [0.2, 0.25) is 5.02 Å². The third-order valence-corrected chi connectivity index (χ3v) is 5.77. The number of piperidine rings is 1. The van der Waals surface area contributed by atoms with Crippen LogP contribution in [0.25, 0.3) is 0 Å². The Labute approximate surface area is 148 Å². The zero-order valence-electron chi connectivity index (χ0n) is 14.5. The summed E-state index contributed by atoms with van der Waals surface area (Å²) in [5.41, 5.74) is 1.00. The van der Waals surface area contributed by atoms with E-state index in [4.69, 9.17) is 16.3 Å². The molecule has 0 bridgehead atoms. The Morgan fingerprint density at radius 2 is 2.04 bits per heavy atom. The molecule has 0 atom stereocenters. The molecule has 0 aromatic heterocycles. The van der Waals surface area contributed by atoms with Crippen LogP contribution in [-0.2, 0) is 4.79 Å². The molecular formula is C18H26ClN3O2. The van der Waals surface area contributed by atoms with E-state index >= 15 is 0 Å². The first kappa shape index (κ1) is 17.5. The van der Waals surface area contributed by atoms with Gasteiger partial charge in [-0.25, -0.2) is 0 Å². The summed E-state index contributed by atoms with van der Waals surface area (Å²) in [4.78, 5) is 17.1. The number of hydrogen-bond donors (Lipinski definition) is 1. The summed E-state index contributed by atoms with van der Waals surface area (Å²) in [6, 6.07) is 5.23. The average Bonchev–Trinajstić information content (AvgIpc) is 2.90. The number of nitrogens with zero attached hydrogens (tertiary/aromatic N) is 2. The second kappa shape index (κ2) is 7.30. The van der Waals surface area contributed by atoms with Crippen molar-refractivity contribution in [1.29, 1.82) is 0 Å². The maximum Gasteiger partial charge on any atom is 0.238 e. The van der Waals surface area contributed by atoms with Crippen molar-refractivity contribution in [3.8, 4) is 5.75 Å². The molecule has 2 aliphatic rings. The van der Waals surface area contributed by atoms with Gasteiger partial charge in [-0.05, 0) is 57.5 Å². The number of ether oxygens (including phenoxy) is 1. The number of rotatable bonds is 4. The molecule has 5 nitrogen and oxygen atoms in total. The predicted octanol–water partition coefficient (Wildman–Crippen LogP) is 2.85. The topological polar surface area (TPSA) is 44.8 Å². The molecular weight excluding hydrogens is 326 g/mol. The first-order valence-corrected chi connectivity index (χ1v) is 8.97. The molecule has 24 heavy (non-hydrogen) atoms. The van der Waals surface area contributed by atoms with Gasteiger partial charge >= 0.3 is 0 Å². The Morgan fingerprint density at radius 1 is 1.29 bits per heavy atom. The van der Waals surface area contributed by atoms with Gasteiger partial charge in [-0.1, -0.05) is 11.6 Å². The molecule has 3 rings (SSSR count). The van der Waals surface area contributed by atoms with Crippen LogP contribution in [0.4, 0.5) is 5.69 Å². The van der Waals surface area contributed by atoms with Crippen LogP contribution >= 0.6 is 11.6 Å². The fourth-order valence-electron chi connectivity index (χ4n) is 4.00. The number of hydrogen-bond acceptors (Lipinski definition) is 4. The van der Waals surface area contributed by atoms with Gasteiger partial charge in [0.25, 0.3) is 0 Å². The molecule has 132 valence electrons. The summed E-state index contributed by atoms with van der Waals surface area (Å²) in [6.45, 7) is 3.57. The first-order chi connectivity index (χ1) is 11.5. The number of carbonyl (C=O) groups excluding carboxylic acids is 1. The Balaban J connectivity index is 1.54. The summed E-state index contributed by atoms with van der Waals surface area (Å²) in [6.07, 6.45) is 4.89. The van der Waals surface area contributed by atoms with Gasteiger partial charge in [-0.15, -0.1) is 0 Å². The van der Waals surface area contributed by atoms with Crippen molar-refractivity contribution < 1.29 is 9.53 Å². The second-order valence-corrected chi connectivity index (χ2v) is 7.35. The molecule has 1 aromatic carbocycles. The number of amides is 1. The van der Waals surface area contributed by atoms with E-state index in [9.17, 15) is 4.79 Å². The molecule has 2 saturated heterocycles. The van der Waals surface area contributed by atoms with E-state index in [-0.39, 0.29) is 5.91 Å². The lowest BCUT2D eigenvalue weighted by Gasteiger charge is -2.43. The highest BCUT2D eigenvalue weighted by Crippen LogP contribution is 2.37. The van der Waals surface area contributed by atoms with Crippen LogP contribution in [0.5, 0.6) is 5.75 Å². The number of halogens is 1. The van der Waals surface area contributed by atoms with E-state index in [1.807, 2.05) is 0 Å². The van der Waals surface area contributed by atoms with Crippen LogP contribution < -0.4 is 10.1 Å². The highest BCUT2D eigenvalue weighted by molar-refractivity contribution is 6.31. The van der Waals surface area contributed by atoms with Gasteiger partial charge in [0.1, 0.15) is 5.75 Å². The first-order valence-electron chi connectivity index (χ1n) is 8.59. The molecule has 1 aromatic rings. The molecule has 2 aliphatic heterocycles. The summed E-state index contributed by atoms with van der Waals surface area (Å²) >= 11 is 6.01. The van der Waals surface area contributed by atoms with Crippen molar-refractivity contribution in [1.82, 2.24) is 9.80 Å². The minimum absolute atomic E-state index is 0.0220. The Kier molecular flexibility index (Phi) is 5.33. The van der Waals surface area contributed by atoms with Crippen molar-refractivity contribution in [3.05, 3.63) is 23.2 Å². The monoisotopic (exact) mass is 351 g/mol. The fourth-order valence-corrected chi connectivity index (χ4v) is 4.18. The molecule has 0 aliphatic carbocycles. The maximum absolute atomic E-state index is 12.4. The third-order valence-electron chi connectivity index (χ3n) is 5.54. The molecule has 0 unspecified atom stereocenters. The summed E-state index contributed by atoms with van der Waals surface area (Å²) in [5.74, 6) is 0.601. The second-order valence-electron chi connectivity index (χ2n) is 6.92. The predicted molar refractivity (Wildman–Crippen MR) is 96.9 cm³/mol. The lowest BCUT2D eigenvalue weighted by Crippen LogP contribution is -2.51. The smallest absolute Gasteiger partial charge is 0.238 e. The van der Waals surface area contributed by atoms with Crippen molar-refractivity contribution >= 4 is 23.2 Å². The zero-order valence-corrected chi connectivity index (χ0v) is 15.2. The number of methoxy groups -OCH3 is 1. The molecule has 2 heterocycles. The lowest BCUT2D eigenvalue weighted by atomic mass is 9.85. The van der Waals surface area contributed by atoms with E-state index in [0.29, 0.717) is 28.5 Å². The third kappa shape index (κ3) is 3.68. The Bertz CT molecular complexity index is 600. The minimum Gasteiger partial charge on any atom is -0.495 e. The quantitative estimate of drug-likeness (QED) is 0.906. The van der Waals surface area contributed by atoms with E-state index in [2.05, 4.69) is 22.2 Å². The van der Waals surface area contributed by atoms with Crippen molar-refractivity contribution in [2.45, 2.75) is 31.2 Å². The van der Waals surface area contributed by atoms with Crippen LogP contribution in [0.15, 0.2) is 18.2 Å².